The van der Waals surface area contributed by atoms with Crippen molar-refractivity contribution < 1.29 is 0 Å². The number of hydrogen-bond acceptors (Lipinski definition) is 2. The van der Waals surface area contributed by atoms with Crippen LogP contribution in [0, 0.1) is 11.8 Å². The van der Waals surface area contributed by atoms with Gasteiger partial charge in [0.15, 0.2) is 0 Å². The van der Waals surface area contributed by atoms with Crippen LogP contribution in [-0.2, 0) is 0 Å². The van der Waals surface area contributed by atoms with E-state index in [1.807, 2.05) is 0 Å². The minimum absolute atomic E-state index is 0.896. The molecule has 2 atom stereocenters. The lowest BCUT2D eigenvalue weighted by Crippen LogP contribution is -2.42. The number of likely N-dealkylation sites (tertiary alicyclic amines) is 1. The summed E-state index contributed by atoms with van der Waals surface area (Å²) in [7, 11) is 0. The molecular weight excluding hydrogens is 178 g/mol. The summed E-state index contributed by atoms with van der Waals surface area (Å²) in [6.07, 6.45) is 6.67. The van der Waals surface area contributed by atoms with Crippen LogP contribution in [0.15, 0.2) is 0 Å². The number of nitrogens with zero attached hydrogens (tertiary/aromatic N) is 1. The Morgan fingerprint density at radius 1 is 1.31 bits per heavy atom. The van der Waals surface area contributed by atoms with Crippen molar-refractivity contribution in [2.24, 2.45) is 11.8 Å². The molecule has 1 saturated carbocycles. The van der Waals surface area contributed by atoms with Crippen LogP contribution in [0.1, 0.15) is 26.2 Å². The lowest BCUT2D eigenvalue weighted by Gasteiger charge is -2.36. The maximum Gasteiger partial charge on any atom is 0.0198 e. The van der Waals surface area contributed by atoms with E-state index in [9.17, 15) is 0 Å². The quantitative estimate of drug-likeness (QED) is 0.687. The van der Waals surface area contributed by atoms with Gasteiger partial charge in [-0.15, -0.1) is 0 Å². The van der Waals surface area contributed by atoms with Crippen LogP contribution in [0.3, 0.4) is 0 Å². The molecule has 0 amide bonds. The molecule has 0 aromatic heterocycles. The molecule has 76 valence electrons. The van der Waals surface area contributed by atoms with Gasteiger partial charge in [-0.1, -0.05) is 6.92 Å². The zero-order valence-corrected chi connectivity index (χ0v) is 9.65. The Balaban J connectivity index is 1.78. The molecule has 2 rings (SSSR count). The van der Waals surface area contributed by atoms with E-state index in [2.05, 4.69) is 29.8 Å². The van der Waals surface area contributed by atoms with Gasteiger partial charge in [-0.25, -0.2) is 0 Å². The molecule has 1 aliphatic carbocycles. The average molecular weight is 199 g/mol. The Morgan fingerprint density at radius 2 is 2.08 bits per heavy atom. The maximum absolute atomic E-state index is 2.69. The third-order valence-corrected chi connectivity index (χ3v) is 4.71. The molecule has 2 fully saturated rings. The van der Waals surface area contributed by atoms with Gasteiger partial charge in [-0.05, 0) is 43.9 Å². The van der Waals surface area contributed by atoms with Gasteiger partial charge in [0.05, 0.1) is 0 Å². The second-order valence-corrected chi connectivity index (χ2v) is 5.82. The SMILES string of the molecule is CS[C@@H]1CN(CC2CC2)CC[C@@H]1C. The third kappa shape index (κ3) is 2.63. The van der Waals surface area contributed by atoms with Crippen molar-refractivity contribution in [1.82, 2.24) is 4.90 Å². The van der Waals surface area contributed by atoms with Gasteiger partial charge in [0.1, 0.15) is 0 Å². The number of hydrogen-bond donors (Lipinski definition) is 0. The molecule has 1 heterocycles. The minimum atomic E-state index is 0.896. The van der Waals surface area contributed by atoms with Gasteiger partial charge in [0, 0.05) is 18.3 Å². The van der Waals surface area contributed by atoms with Crippen LogP contribution < -0.4 is 0 Å². The van der Waals surface area contributed by atoms with Crippen LogP contribution in [0.5, 0.6) is 0 Å². The van der Waals surface area contributed by atoms with E-state index in [0.29, 0.717) is 0 Å². The summed E-state index contributed by atoms with van der Waals surface area (Å²) in [5.41, 5.74) is 0. The van der Waals surface area contributed by atoms with Crippen molar-refractivity contribution in [2.45, 2.75) is 31.4 Å². The molecule has 2 heteroatoms. The third-order valence-electron chi connectivity index (χ3n) is 3.49. The maximum atomic E-state index is 2.69. The lowest BCUT2D eigenvalue weighted by atomic mass is 9.98. The van der Waals surface area contributed by atoms with Crippen LogP contribution in [0.2, 0.25) is 0 Å². The summed E-state index contributed by atoms with van der Waals surface area (Å²) < 4.78 is 0. The summed E-state index contributed by atoms with van der Waals surface area (Å²) in [6.45, 7) is 6.51. The van der Waals surface area contributed by atoms with Gasteiger partial charge in [0.2, 0.25) is 0 Å². The topological polar surface area (TPSA) is 3.24 Å². The standard InChI is InChI=1S/C11H21NS/c1-9-5-6-12(7-10-3-4-10)8-11(9)13-2/h9-11H,3-8H2,1-2H3/t9-,11+/m0/s1. The highest BCUT2D eigenvalue weighted by Crippen LogP contribution is 2.32. The van der Waals surface area contributed by atoms with Crippen LogP contribution >= 0.6 is 11.8 Å². The normalized spacial score (nSPS) is 36.5. The summed E-state index contributed by atoms with van der Waals surface area (Å²) in [5, 5.41) is 0.896. The highest BCUT2D eigenvalue weighted by Gasteiger charge is 2.29. The molecule has 0 aromatic rings. The van der Waals surface area contributed by atoms with Crippen molar-refractivity contribution in [3.05, 3.63) is 0 Å². The fourth-order valence-corrected chi connectivity index (χ4v) is 3.20. The molecule has 1 aliphatic heterocycles. The van der Waals surface area contributed by atoms with E-state index in [1.54, 1.807) is 0 Å². The first kappa shape index (κ1) is 9.85. The second-order valence-electron chi connectivity index (χ2n) is 4.74. The number of piperidine rings is 1. The fraction of sp³-hybridized carbons (Fsp3) is 1.00. The van der Waals surface area contributed by atoms with E-state index in [0.717, 1.165) is 17.1 Å². The molecule has 13 heavy (non-hydrogen) atoms. The zero-order valence-electron chi connectivity index (χ0n) is 8.83. The summed E-state index contributed by atoms with van der Waals surface area (Å²) in [5.74, 6) is 2.00. The van der Waals surface area contributed by atoms with E-state index in [4.69, 9.17) is 0 Å². The smallest absolute Gasteiger partial charge is 0.0198 e. The van der Waals surface area contributed by atoms with Gasteiger partial charge in [0.25, 0.3) is 0 Å². The van der Waals surface area contributed by atoms with Crippen LogP contribution in [-0.4, -0.2) is 36.0 Å². The highest BCUT2D eigenvalue weighted by atomic mass is 32.2. The van der Waals surface area contributed by atoms with Crippen molar-refractivity contribution in [1.29, 1.82) is 0 Å². The first-order valence-electron chi connectivity index (χ1n) is 5.54. The minimum Gasteiger partial charge on any atom is -0.302 e. The molecule has 0 radical (unpaired) electrons. The van der Waals surface area contributed by atoms with Gasteiger partial charge >= 0.3 is 0 Å². The Kier molecular flexibility index (Phi) is 3.20. The molecule has 0 aromatic carbocycles. The van der Waals surface area contributed by atoms with Crippen molar-refractivity contribution in [3.63, 3.8) is 0 Å². The molecule has 2 aliphatic rings. The van der Waals surface area contributed by atoms with E-state index in [1.165, 1.54) is 38.9 Å². The molecule has 1 saturated heterocycles. The van der Waals surface area contributed by atoms with Gasteiger partial charge in [-0.2, -0.15) is 11.8 Å². The van der Waals surface area contributed by atoms with Crippen LogP contribution in [0.4, 0.5) is 0 Å². The Bertz CT molecular complexity index is 167. The van der Waals surface area contributed by atoms with E-state index < -0.39 is 0 Å². The monoisotopic (exact) mass is 199 g/mol. The molecule has 1 nitrogen and oxygen atoms in total. The molecule has 0 bridgehead atoms. The highest BCUT2D eigenvalue weighted by molar-refractivity contribution is 7.99. The van der Waals surface area contributed by atoms with E-state index in [-0.39, 0.29) is 0 Å². The van der Waals surface area contributed by atoms with Crippen molar-refractivity contribution in [2.75, 3.05) is 25.9 Å². The summed E-state index contributed by atoms with van der Waals surface area (Å²) in [4.78, 5) is 2.69. The fourth-order valence-electron chi connectivity index (χ4n) is 2.24. The Hall–Kier alpha value is 0.310. The van der Waals surface area contributed by atoms with E-state index >= 15 is 0 Å². The Labute approximate surface area is 86.3 Å². The second kappa shape index (κ2) is 4.22. The summed E-state index contributed by atoms with van der Waals surface area (Å²) in [6, 6.07) is 0. The van der Waals surface area contributed by atoms with Crippen molar-refractivity contribution in [3.8, 4) is 0 Å². The van der Waals surface area contributed by atoms with Gasteiger partial charge in [-0.3, -0.25) is 0 Å². The molecular formula is C11H21NS. The largest absolute Gasteiger partial charge is 0.302 e. The predicted molar refractivity (Wildman–Crippen MR) is 60.2 cm³/mol. The molecule has 0 unspecified atom stereocenters. The summed E-state index contributed by atoms with van der Waals surface area (Å²) >= 11 is 2.06. The Morgan fingerprint density at radius 3 is 2.69 bits per heavy atom. The number of rotatable bonds is 3. The first-order valence-corrected chi connectivity index (χ1v) is 6.83. The predicted octanol–water partition coefficient (Wildman–Crippen LogP) is 2.47. The molecule has 0 N–H and O–H groups in total. The van der Waals surface area contributed by atoms with Gasteiger partial charge < -0.3 is 4.90 Å². The molecule has 0 spiro atoms. The zero-order chi connectivity index (χ0) is 9.26. The number of thioether (sulfide) groups is 1. The van der Waals surface area contributed by atoms with Crippen LogP contribution in [0.25, 0.3) is 0 Å². The van der Waals surface area contributed by atoms with Crippen molar-refractivity contribution >= 4 is 11.8 Å². The lowest BCUT2D eigenvalue weighted by molar-refractivity contribution is 0.192. The first-order chi connectivity index (χ1) is 6.29. The average Bonchev–Trinajstić information content (AvgIpc) is 2.92.